The molecule has 1 N–H and O–H groups in total. The summed E-state index contributed by atoms with van der Waals surface area (Å²) in [6, 6.07) is 4.74. The molecular weight excluding hydrogens is 222 g/mol. The van der Waals surface area contributed by atoms with Crippen LogP contribution in [0.2, 0.25) is 0 Å². The van der Waals surface area contributed by atoms with Gasteiger partial charge in [0.15, 0.2) is 0 Å². The molecule has 0 saturated heterocycles. The molecule has 3 heteroatoms. The summed E-state index contributed by atoms with van der Waals surface area (Å²) in [7, 11) is 0. The molecule has 1 fully saturated rings. The number of pyridine rings is 1. The number of hydrogen-bond acceptors (Lipinski definition) is 2. The first kappa shape index (κ1) is 11.6. The maximum Gasteiger partial charge on any atom is 0.142 e. The molecular formula is C15H21N3. The fourth-order valence-electron chi connectivity index (χ4n) is 2.36. The van der Waals surface area contributed by atoms with Crippen LogP contribution in [0.15, 0.2) is 18.3 Å². The summed E-state index contributed by atoms with van der Waals surface area (Å²) in [6.45, 7) is 7.62. The molecule has 0 aliphatic heterocycles. The van der Waals surface area contributed by atoms with Gasteiger partial charge < -0.3 is 9.88 Å². The van der Waals surface area contributed by atoms with Crippen LogP contribution in [0.3, 0.4) is 0 Å². The van der Waals surface area contributed by atoms with E-state index in [1.807, 2.05) is 0 Å². The first-order valence-corrected chi connectivity index (χ1v) is 6.87. The Hall–Kier alpha value is -1.51. The highest BCUT2D eigenvalue weighted by Gasteiger charge is 2.20. The van der Waals surface area contributed by atoms with Crippen molar-refractivity contribution in [3.63, 3.8) is 0 Å². The molecule has 1 aliphatic rings. The van der Waals surface area contributed by atoms with Crippen molar-refractivity contribution in [1.82, 2.24) is 9.55 Å². The van der Waals surface area contributed by atoms with Gasteiger partial charge in [0.2, 0.25) is 0 Å². The number of hydrogen-bond donors (Lipinski definition) is 1. The van der Waals surface area contributed by atoms with E-state index in [1.54, 1.807) is 0 Å². The summed E-state index contributed by atoms with van der Waals surface area (Å²) in [5.41, 5.74) is 2.41. The number of nitrogens with zero attached hydrogens (tertiary/aromatic N) is 2. The van der Waals surface area contributed by atoms with Gasteiger partial charge in [-0.15, -0.1) is 0 Å². The van der Waals surface area contributed by atoms with Gasteiger partial charge in [-0.05, 0) is 57.2 Å². The van der Waals surface area contributed by atoms with Crippen molar-refractivity contribution < 1.29 is 0 Å². The largest absolute Gasteiger partial charge is 0.370 e. The zero-order valence-corrected chi connectivity index (χ0v) is 11.4. The Morgan fingerprint density at radius 1 is 1.39 bits per heavy atom. The molecule has 18 heavy (non-hydrogen) atoms. The van der Waals surface area contributed by atoms with Gasteiger partial charge >= 0.3 is 0 Å². The standard InChI is InChI=1S/C15H21N3/c1-10(2)18-9-11(3)13-6-7-14(17-15(13)18)16-8-12-4-5-12/h6-7,9-10,12H,4-5,8H2,1-3H3,(H,16,17). The van der Waals surface area contributed by atoms with E-state index in [0.29, 0.717) is 6.04 Å². The van der Waals surface area contributed by atoms with E-state index < -0.39 is 0 Å². The Balaban J connectivity index is 1.95. The summed E-state index contributed by atoms with van der Waals surface area (Å²) >= 11 is 0. The molecule has 1 aliphatic carbocycles. The van der Waals surface area contributed by atoms with Crippen LogP contribution in [0, 0.1) is 12.8 Å². The smallest absolute Gasteiger partial charge is 0.142 e. The molecule has 2 aromatic heterocycles. The summed E-state index contributed by atoms with van der Waals surface area (Å²) < 4.78 is 2.26. The predicted molar refractivity (Wildman–Crippen MR) is 76.1 cm³/mol. The lowest BCUT2D eigenvalue weighted by Gasteiger charge is -2.10. The van der Waals surface area contributed by atoms with Crippen LogP contribution in [-0.4, -0.2) is 16.1 Å². The van der Waals surface area contributed by atoms with E-state index in [9.17, 15) is 0 Å². The minimum absolute atomic E-state index is 0.451. The van der Waals surface area contributed by atoms with E-state index >= 15 is 0 Å². The molecule has 96 valence electrons. The fourth-order valence-corrected chi connectivity index (χ4v) is 2.36. The van der Waals surface area contributed by atoms with Crippen LogP contribution in [0.25, 0.3) is 11.0 Å². The highest BCUT2D eigenvalue weighted by molar-refractivity contribution is 5.82. The first-order chi connectivity index (χ1) is 8.65. The average molecular weight is 243 g/mol. The van der Waals surface area contributed by atoms with Gasteiger partial charge in [-0.3, -0.25) is 0 Å². The maximum absolute atomic E-state index is 4.77. The van der Waals surface area contributed by atoms with E-state index in [-0.39, 0.29) is 0 Å². The van der Waals surface area contributed by atoms with E-state index in [4.69, 9.17) is 4.98 Å². The monoisotopic (exact) mass is 243 g/mol. The zero-order valence-electron chi connectivity index (χ0n) is 11.4. The maximum atomic E-state index is 4.77. The molecule has 0 radical (unpaired) electrons. The lowest BCUT2D eigenvalue weighted by molar-refractivity contribution is 0.617. The van der Waals surface area contributed by atoms with Gasteiger partial charge in [-0.2, -0.15) is 0 Å². The van der Waals surface area contributed by atoms with Crippen LogP contribution in [-0.2, 0) is 0 Å². The minimum Gasteiger partial charge on any atom is -0.370 e. The number of nitrogens with one attached hydrogen (secondary N) is 1. The van der Waals surface area contributed by atoms with Gasteiger partial charge in [0, 0.05) is 24.2 Å². The predicted octanol–water partition coefficient (Wildman–Crippen LogP) is 3.75. The van der Waals surface area contributed by atoms with Gasteiger partial charge in [0.05, 0.1) is 0 Å². The van der Waals surface area contributed by atoms with Crippen LogP contribution in [0.1, 0.15) is 38.3 Å². The van der Waals surface area contributed by atoms with Crippen LogP contribution < -0.4 is 5.32 Å². The van der Waals surface area contributed by atoms with Crippen molar-refractivity contribution in [3.8, 4) is 0 Å². The second-order valence-electron chi connectivity index (χ2n) is 5.71. The molecule has 0 amide bonds. The number of aryl methyl sites for hydroxylation is 1. The molecule has 3 rings (SSSR count). The molecule has 3 nitrogen and oxygen atoms in total. The van der Waals surface area contributed by atoms with Gasteiger partial charge in [0.1, 0.15) is 11.5 Å². The van der Waals surface area contributed by atoms with Crippen molar-refractivity contribution in [2.24, 2.45) is 5.92 Å². The molecule has 0 atom stereocenters. The highest BCUT2D eigenvalue weighted by Crippen LogP contribution is 2.29. The Kier molecular flexibility index (Phi) is 2.77. The zero-order chi connectivity index (χ0) is 12.7. The molecule has 1 saturated carbocycles. The first-order valence-electron chi connectivity index (χ1n) is 6.87. The Morgan fingerprint density at radius 3 is 2.83 bits per heavy atom. The Bertz CT molecular complexity index is 564. The third kappa shape index (κ3) is 2.09. The van der Waals surface area contributed by atoms with E-state index in [1.165, 1.54) is 23.8 Å². The lowest BCUT2D eigenvalue weighted by Crippen LogP contribution is -2.06. The van der Waals surface area contributed by atoms with Crippen molar-refractivity contribution in [2.45, 2.75) is 39.7 Å². The Labute approximate surface area is 108 Å². The SMILES string of the molecule is Cc1cn(C(C)C)c2nc(NCC3CC3)ccc12. The summed E-state index contributed by atoms with van der Waals surface area (Å²) in [5, 5.41) is 4.71. The van der Waals surface area contributed by atoms with Gasteiger partial charge in [-0.25, -0.2) is 4.98 Å². The average Bonchev–Trinajstić information content (AvgIpc) is 3.11. The molecule has 0 aromatic carbocycles. The van der Waals surface area contributed by atoms with E-state index in [2.05, 4.69) is 49.0 Å². The second kappa shape index (κ2) is 4.30. The number of anilines is 1. The quantitative estimate of drug-likeness (QED) is 0.886. The van der Waals surface area contributed by atoms with Crippen molar-refractivity contribution in [2.75, 3.05) is 11.9 Å². The van der Waals surface area contributed by atoms with Crippen LogP contribution >= 0.6 is 0 Å². The molecule has 0 unspecified atom stereocenters. The fraction of sp³-hybridized carbons (Fsp3) is 0.533. The third-order valence-corrected chi connectivity index (χ3v) is 3.70. The highest BCUT2D eigenvalue weighted by atomic mass is 15.1. The van der Waals surface area contributed by atoms with Crippen LogP contribution in [0.4, 0.5) is 5.82 Å². The summed E-state index contributed by atoms with van der Waals surface area (Å²) in [5.74, 6) is 1.88. The summed E-state index contributed by atoms with van der Waals surface area (Å²) in [6.07, 6.45) is 4.94. The van der Waals surface area contributed by atoms with Crippen LogP contribution in [0.5, 0.6) is 0 Å². The second-order valence-corrected chi connectivity index (χ2v) is 5.71. The molecule has 0 bridgehead atoms. The molecule has 2 heterocycles. The van der Waals surface area contributed by atoms with Gasteiger partial charge in [0.25, 0.3) is 0 Å². The number of fused-ring (bicyclic) bond motifs is 1. The summed E-state index contributed by atoms with van der Waals surface area (Å²) in [4.78, 5) is 4.77. The molecule has 0 spiro atoms. The number of aromatic nitrogens is 2. The molecule has 2 aromatic rings. The minimum atomic E-state index is 0.451. The van der Waals surface area contributed by atoms with E-state index in [0.717, 1.165) is 23.9 Å². The van der Waals surface area contributed by atoms with Crippen molar-refractivity contribution >= 4 is 16.9 Å². The normalized spacial score (nSPS) is 15.6. The van der Waals surface area contributed by atoms with Gasteiger partial charge in [-0.1, -0.05) is 0 Å². The Morgan fingerprint density at radius 2 is 2.17 bits per heavy atom. The van der Waals surface area contributed by atoms with Crippen molar-refractivity contribution in [1.29, 1.82) is 0 Å². The van der Waals surface area contributed by atoms with Crippen molar-refractivity contribution in [3.05, 3.63) is 23.9 Å². The topological polar surface area (TPSA) is 29.9 Å². The number of rotatable bonds is 4. The third-order valence-electron chi connectivity index (χ3n) is 3.70. The lowest BCUT2D eigenvalue weighted by atomic mass is 10.2.